The maximum absolute atomic E-state index is 12.9. The summed E-state index contributed by atoms with van der Waals surface area (Å²) in [6.07, 6.45) is 0. The Morgan fingerprint density at radius 3 is 3.00 bits per heavy atom. The van der Waals surface area contributed by atoms with Crippen LogP contribution >= 0.6 is 0 Å². The third-order valence-electron chi connectivity index (χ3n) is 1.67. The summed E-state index contributed by atoms with van der Waals surface area (Å²) in [5, 5.41) is 0.707. The van der Waals surface area contributed by atoms with Crippen LogP contribution in [0.25, 0.3) is 0 Å². The number of hydrogen-bond donors (Lipinski definition) is 0. The van der Waals surface area contributed by atoms with Crippen LogP contribution in [0.1, 0.15) is 0 Å². The lowest BCUT2D eigenvalue weighted by Gasteiger charge is -2.22. The van der Waals surface area contributed by atoms with E-state index in [1.165, 1.54) is 0 Å². The van der Waals surface area contributed by atoms with Crippen molar-refractivity contribution in [1.29, 1.82) is 0 Å². The van der Waals surface area contributed by atoms with Gasteiger partial charge in [0.1, 0.15) is 18.0 Å². The normalized spacial score (nSPS) is 15.5. The highest BCUT2D eigenvalue weighted by atomic mass is 19.2. The van der Waals surface area contributed by atoms with Gasteiger partial charge in [-0.3, -0.25) is 0 Å². The Bertz CT molecular complexity index is 264. The number of anilines is 1. The van der Waals surface area contributed by atoms with Gasteiger partial charge in [-0.15, -0.1) is 0 Å². The minimum Gasteiger partial charge on any atom is -0.489 e. The molecule has 11 heavy (non-hydrogen) atoms. The molecule has 58 valence electrons. The molecule has 0 spiro atoms. The van der Waals surface area contributed by atoms with Crippen LogP contribution in [-0.4, -0.2) is 13.2 Å². The van der Waals surface area contributed by atoms with Crippen LogP contribution in [0.4, 0.5) is 10.2 Å². The standard InChI is InChI=1S/C8H8FNO/c9-10-5-6-11-8-4-2-1-3-7(8)10/h1-4H,5-6H2. The fourth-order valence-electron chi connectivity index (χ4n) is 1.14. The van der Waals surface area contributed by atoms with Crippen molar-refractivity contribution in [2.75, 3.05) is 18.3 Å². The molecule has 2 rings (SSSR count). The number of ether oxygens (including phenoxy) is 1. The summed E-state index contributed by atoms with van der Waals surface area (Å²) >= 11 is 0. The average Bonchev–Trinajstić information content (AvgIpc) is 2.06. The van der Waals surface area contributed by atoms with Crippen molar-refractivity contribution >= 4 is 5.69 Å². The van der Waals surface area contributed by atoms with E-state index in [4.69, 9.17) is 4.74 Å². The van der Waals surface area contributed by atoms with Gasteiger partial charge in [0.25, 0.3) is 0 Å². The lowest BCUT2D eigenvalue weighted by atomic mass is 10.2. The molecule has 0 bridgehead atoms. The van der Waals surface area contributed by atoms with E-state index >= 15 is 0 Å². The third kappa shape index (κ3) is 1.02. The smallest absolute Gasteiger partial charge is 0.145 e. The van der Waals surface area contributed by atoms with Crippen molar-refractivity contribution in [2.45, 2.75) is 0 Å². The molecule has 2 nitrogen and oxygen atoms in total. The van der Waals surface area contributed by atoms with Crippen molar-refractivity contribution in [2.24, 2.45) is 0 Å². The van der Waals surface area contributed by atoms with Crippen molar-refractivity contribution in [3.05, 3.63) is 24.3 Å². The number of rotatable bonds is 0. The minimum atomic E-state index is 0.316. The van der Waals surface area contributed by atoms with E-state index in [1.807, 2.05) is 6.07 Å². The van der Waals surface area contributed by atoms with Crippen molar-refractivity contribution in [3.63, 3.8) is 0 Å². The molecule has 0 saturated carbocycles. The number of para-hydroxylation sites is 2. The Morgan fingerprint density at radius 2 is 2.18 bits per heavy atom. The molecule has 0 atom stereocenters. The second kappa shape index (κ2) is 2.42. The molecule has 0 unspecified atom stereocenters. The quantitative estimate of drug-likeness (QED) is 0.526. The predicted molar refractivity (Wildman–Crippen MR) is 40.4 cm³/mol. The highest BCUT2D eigenvalue weighted by Gasteiger charge is 2.15. The summed E-state index contributed by atoms with van der Waals surface area (Å²) < 4.78 is 18.1. The van der Waals surface area contributed by atoms with Crippen LogP contribution in [0.2, 0.25) is 0 Å². The molecule has 0 radical (unpaired) electrons. The minimum absolute atomic E-state index is 0.316. The van der Waals surface area contributed by atoms with Gasteiger partial charge >= 0.3 is 0 Å². The van der Waals surface area contributed by atoms with Crippen LogP contribution in [-0.2, 0) is 0 Å². The summed E-state index contributed by atoms with van der Waals surface area (Å²) in [6.45, 7) is 0.741. The van der Waals surface area contributed by atoms with Crippen LogP contribution in [0.5, 0.6) is 5.75 Å². The topological polar surface area (TPSA) is 12.5 Å². The average molecular weight is 153 g/mol. The second-order valence-electron chi connectivity index (χ2n) is 2.40. The first-order valence-corrected chi connectivity index (χ1v) is 3.53. The van der Waals surface area contributed by atoms with Gasteiger partial charge in [0, 0.05) is 0 Å². The zero-order valence-electron chi connectivity index (χ0n) is 5.96. The first kappa shape index (κ1) is 6.46. The van der Waals surface area contributed by atoms with E-state index in [0.29, 0.717) is 29.7 Å². The summed E-state index contributed by atoms with van der Waals surface area (Å²) in [5.74, 6) is 0.626. The largest absolute Gasteiger partial charge is 0.489 e. The maximum atomic E-state index is 12.9. The number of hydrogen-bond acceptors (Lipinski definition) is 2. The molecule has 1 aliphatic heterocycles. The van der Waals surface area contributed by atoms with Crippen LogP contribution in [0, 0.1) is 0 Å². The molecule has 1 aromatic rings. The SMILES string of the molecule is FN1CCOc2ccccc21. The van der Waals surface area contributed by atoms with Crippen LogP contribution in [0.3, 0.4) is 0 Å². The van der Waals surface area contributed by atoms with Gasteiger partial charge in [0.2, 0.25) is 0 Å². The Kier molecular flexibility index (Phi) is 1.42. The van der Waals surface area contributed by atoms with Gasteiger partial charge in [0.15, 0.2) is 0 Å². The van der Waals surface area contributed by atoms with Gasteiger partial charge in [-0.2, -0.15) is 0 Å². The zero-order chi connectivity index (χ0) is 7.68. The van der Waals surface area contributed by atoms with Gasteiger partial charge in [0.05, 0.1) is 6.54 Å². The molecular weight excluding hydrogens is 145 g/mol. The number of nitrogens with zero attached hydrogens (tertiary/aromatic N) is 1. The molecule has 3 heteroatoms. The molecule has 1 heterocycles. The van der Waals surface area contributed by atoms with Crippen molar-refractivity contribution in [1.82, 2.24) is 0 Å². The second-order valence-corrected chi connectivity index (χ2v) is 2.40. The number of halogens is 1. The van der Waals surface area contributed by atoms with Crippen LogP contribution < -0.4 is 9.86 Å². The zero-order valence-corrected chi connectivity index (χ0v) is 5.96. The first-order chi connectivity index (χ1) is 5.38. The monoisotopic (exact) mass is 153 g/mol. The van der Waals surface area contributed by atoms with Crippen molar-refractivity contribution < 1.29 is 9.22 Å². The van der Waals surface area contributed by atoms with E-state index in [0.717, 1.165) is 0 Å². The maximum Gasteiger partial charge on any atom is 0.145 e. The Balaban J connectivity index is 2.44. The van der Waals surface area contributed by atoms with E-state index in [1.54, 1.807) is 18.2 Å². The van der Waals surface area contributed by atoms with Gasteiger partial charge in [-0.25, -0.2) is 5.12 Å². The Hall–Kier alpha value is -1.25. The van der Waals surface area contributed by atoms with E-state index in [9.17, 15) is 4.48 Å². The van der Waals surface area contributed by atoms with E-state index in [-0.39, 0.29) is 0 Å². The Morgan fingerprint density at radius 1 is 1.36 bits per heavy atom. The molecule has 1 aliphatic rings. The van der Waals surface area contributed by atoms with Gasteiger partial charge in [-0.1, -0.05) is 16.6 Å². The summed E-state index contributed by atoms with van der Waals surface area (Å²) in [5.41, 5.74) is 0.527. The lowest BCUT2D eigenvalue weighted by Crippen LogP contribution is -2.25. The highest BCUT2D eigenvalue weighted by Crippen LogP contribution is 2.30. The van der Waals surface area contributed by atoms with Crippen LogP contribution in [0.15, 0.2) is 24.3 Å². The summed E-state index contributed by atoms with van der Waals surface area (Å²) in [6, 6.07) is 7.09. The third-order valence-corrected chi connectivity index (χ3v) is 1.67. The van der Waals surface area contributed by atoms with Gasteiger partial charge < -0.3 is 4.74 Å². The summed E-state index contributed by atoms with van der Waals surface area (Å²) in [7, 11) is 0. The fourth-order valence-corrected chi connectivity index (χ4v) is 1.14. The van der Waals surface area contributed by atoms with Crippen molar-refractivity contribution in [3.8, 4) is 5.75 Å². The highest BCUT2D eigenvalue weighted by molar-refractivity contribution is 5.57. The Labute approximate surface area is 64.1 Å². The molecule has 0 amide bonds. The van der Waals surface area contributed by atoms with E-state index < -0.39 is 0 Å². The number of fused-ring (bicyclic) bond motifs is 1. The molecule has 0 saturated heterocycles. The first-order valence-electron chi connectivity index (χ1n) is 3.53. The van der Waals surface area contributed by atoms with E-state index in [2.05, 4.69) is 0 Å². The number of benzene rings is 1. The molecular formula is C8H8FNO. The fraction of sp³-hybridized carbons (Fsp3) is 0.250. The molecule has 0 aliphatic carbocycles. The predicted octanol–water partition coefficient (Wildman–Crippen LogP) is 1.77. The lowest BCUT2D eigenvalue weighted by molar-refractivity contribution is 0.267. The molecule has 0 fully saturated rings. The summed E-state index contributed by atoms with van der Waals surface area (Å²) in [4.78, 5) is 0. The molecule has 1 aromatic carbocycles. The molecule has 0 aromatic heterocycles. The molecule has 0 N–H and O–H groups in total. The van der Waals surface area contributed by atoms with Gasteiger partial charge in [-0.05, 0) is 12.1 Å².